The van der Waals surface area contributed by atoms with Crippen LogP contribution in [0.3, 0.4) is 0 Å². The fraction of sp³-hybridized carbons (Fsp3) is 0.222. The van der Waals surface area contributed by atoms with Crippen molar-refractivity contribution < 1.29 is 14.6 Å². The molecule has 1 aromatic rings. The summed E-state index contributed by atoms with van der Waals surface area (Å²) < 4.78 is 4.42. The maximum atomic E-state index is 10.1. The van der Waals surface area contributed by atoms with Gasteiger partial charge in [0.15, 0.2) is 0 Å². The van der Waals surface area contributed by atoms with Crippen LogP contribution in [-0.2, 0) is 11.3 Å². The lowest BCUT2D eigenvalue weighted by atomic mass is 10.2. The number of carbonyl (C=O) groups is 1. The zero-order chi connectivity index (χ0) is 9.84. The van der Waals surface area contributed by atoms with E-state index in [1.54, 1.807) is 6.07 Å². The molecule has 0 aliphatic carbocycles. The minimum absolute atomic E-state index is 0. The molecule has 0 aromatic heterocycles. The Morgan fingerprint density at radius 3 is 2.71 bits per heavy atom. The molecule has 0 bridgehead atoms. The smallest absolute Gasteiger partial charge is 0.450 e. The van der Waals surface area contributed by atoms with Crippen molar-refractivity contribution in [3.05, 3.63) is 29.3 Å². The van der Waals surface area contributed by atoms with Gasteiger partial charge in [-0.05, 0) is 13.0 Å². The van der Waals surface area contributed by atoms with Gasteiger partial charge in [-0.3, -0.25) is 0 Å². The molecule has 0 saturated carbocycles. The molecule has 0 aliphatic rings. The van der Waals surface area contributed by atoms with Crippen molar-refractivity contribution in [1.82, 2.24) is 0 Å². The molecule has 0 heterocycles. The van der Waals surface area contributed by atoms with Crippen LogP contribution in [0, 0.1) is 6.92 Å². The van der Waals surface area contributed by atoms with E-state index in [1.165, 1.54) is 0 Å². The predicted octanol–water partition coefficient (Wildman–Crippen LogP) is 2.90. The van der Waals surface area contributed by atoms with E-state index in [0.717, 1.165) is 16.0 Å². The first-order chi connectivity index (χ1) is 6.09. The summed E-state index contributed by atoms with van der Waals surface area (Å²) in [6, 6.07) is 5.56. The average molecular weight is 235 g/mol. The van der Waals surface area contributed by atoms with Crippen LogP contribution in [0.2, 0.25) is 0 Å². The molecule has 1 aromatic carbocycles. The molecule has 0 saturated heterocycles. The van der Waals surface area contributed by atoms with E-state index in [2.05, 4.69) is 17.4 Å². The minimum Gasteiger partial charge on any atom is -0.450 e. The van der Waals surface area contributed by atoms with Crippen molar-refractivity contribution in [3.63, 3.8) is 0 Å². The SMILES string of the molecule is Cc1ccc(COC(=O)O)c(S)c1.Cl. The maximum Gasteiger partial charge on any atom is 0.506 e. The normalized spacial score (nSPS) is 9.00. The van der Waals surface area contributed by atoms with Gasteiger partial charge in [-0.15, -0.1) is 25.0 Å². The summed E-state index contributed by atoms with van der Waals surface area (Å²) >= 11 is 4.20. The van der Waals surface area contributed by atoms with Crippen molar-refractivity contribution in [2.24, 2.45) is 0 Å². The Balaban J connectivity index is 0.00000169. The fourth-order valence-electron chi connectivity index (χ4n) is 0.935. The number of hydrogen-bond acceptors (Lipinski definition) is 3. The Kier molecular flexibility index (Phi) is 5.42. The van der Waals surface area contributed by atoms with E-state index in [4.69, 9.17) is 5.11 Å². The molecular weight excluding hydrogens is 224 g/mol. The molecule has 0 fully saturated rings. The Labute approximate surface area is 93.9 Å². The predicted molar refractivity (Wildman–Crippen MR) is 58.5 cm³/mol. The Bertz CT molecular complexity index is 328. The van der Waals surface area contributed by atoms with Gasteiger partial charge in [0.05, 0.1) is 0 Å². The number of ether oxygens (including phenoxy) is 1. The van der Waals surface area contributed by atoms with Gasteiger partial charge < -0.3 is 9.84 Å². The highest BCUT2D eigenvalue weighted by Crippen LogP contribution is 2.16. The van der Waals surface area contributed by atoms with E-state index < -0.39 is 6.16 Å². The molecule has 0 spiro atoms. The molecule has 78 valence electrons. The van der Waals surface area contributed by atoms with E-state index in [-0.39, 0.29) is 19.0 Å². The first-order valence-corrected chi connectivity index (χ1v) is 4.18. The topological polar surface area (TPSA) is 46.5 Å². The highest BCUT2D eigenvalue weighted by Gasteiger charge is 2.02. The van der Waals surface area contributed by atoms with Gasteiger partial charge >= 0.3 is 6.16 Å². The second kappa shape index (κ2) is 5.78. The van der Waals surface area contributed by atoms with Crippen LogP contribution in [0.25, 0.3) is 0 Å². The number of carboxylic acid groups (broad SMARTS) is 1. The maximum absolute atomic E-state index is 10.1. The number of hydrogen-bond donors (Lipinski definition) is 2. The first kappa shape index (κ1) is 13.1. The summed E-state index contributed by atoms with van der Waals surface area (Å²) in [6.07, 6.45) is -1.27. The zero-order valence-corrected chi connectivity index (χ0v) is 9.27. The summed E-state index contributed by atoms with van der Waals surface area (Å²) in [7, 11) is 0. The van der Waals surface area contributed by atoms with E-state index >= 15 is 0 Å². The average Bonchev–Trinajstić information content (AvgIpc) is 2.02. The Hall–Kier alpha value is -0.870. The summed E-state index contributed by atoms with van der Waals surface area (Å²) in [5.74, 6) is 0. The van der Waals surface area contributed by atoms with Gasteiger partial charge in [0.1, 0.15) is 6.61 Å². The summed E-state index contributed by atoms with van der Waals surface area (Å²) in [5, 5.41) is 8.27. The minimum atomic E-state index is -1.27. The number of aryl methyl sites for hydroxylation is 1. The molecule has 0 unspecified atom stereocenters. The molecule has 0 aliphatic heterocycles. The highest BCUT2D eigenvalue weighted by atomic mass is 35.5. The monoisotopic (exact) mass is 234 g/mol. The van der Waals surface area contributed by atoms with E-state index in [1.807, 2.05) is 19.1 Å². The lowest BCUT2D eigenvalue weighted by molar-refractivity contribution is 0.0847. The highest BCUT2D eigenvalue weighted by molar-refractivity contribution is 7.80. The van der Waals surface area contributed by atoms with Gasteiger partial charge in [0.25, 0.3) is 0 Å². The molecule has 14 heavy (non-hydrogen) atoms. The third-order valence-corrected chi connectivity index (χ3v) is 2.01. The van der Waals surface area contributed by atoms with E-state index in [9.17, 15) is 4.79 Å². The quantitative estimate of drug-likeness (QED) is 0.611. The van der Waals surface area contributed by atoms with Crippen LogP contribution in [0.5, 0.6) is 0 Å². The van der Waals surface area contributed by atoms with Crippen molar-refractivity contribution in [3.8, 4) is 0 Å². The number of rotatable bonds is 2. The van der Waals surface area contributed by atoms with Crippen LogP contribution in [0.4, 0.5) is 4.79 Å². The standard InChI is InChI=1S/C9H10O3S.ClH/c1-6-2-3-7(8(13)4-6)5-12-9(10)11;/h2-4,13H,5H2,1H3,(H,10,11);1H. The van der Waals surface area contributed by atoms with Crippen molar-refractivity contribution in [2.75, 3.05) is 0 Å². The molecular formula is C9H11ClO3S. The Morgan fingerprint density at radius 2 is 2.21 bits per heavy atom. The van der Waals surface area contributed by atoms with Gasteiger partial charge in [0, 0.05) is 10.5 Å². The van der Waals surface area contributed by atoms with Crippen LogP contribution >= 0.6 is 25.0 Å². The molecule has 0 amide bonds. The number of halogens is 1. The lowest BCUT2D eigenvalue weighted by Crippen LogP contribution is -2.00. The van der Waals surface area contributed by atoms with Crippen LogP contribution in [0.1, 0.15) is 11.1 Å². The second-order valence-electron chi connectivity index (χ2n) is 2.69. The van der Waals surface area contributed by atoms with Crippen molar-refractivity contribution in [2.45, 2.75) is 18.4 Å². The first-order valence-electron chi connectivity index (χ1n) is 3.74. The van der Waals surface area contributed by atoms with Crippen LogP contribution < -0.4 is 0 Å². The van der Waals surface area contributed by atoms with Gasteiger partial charge in [-0.1, -0.05) is 17.7 Å². The largest absolute Gasteiger partial charge is 0.506 e. The summed E-state index contributed by atoms with van der Waals surface area (Å²) in [4.78, 5) is 10.9. The van der Waals surface area contributed by atoms with Gasteiger partial charge in [-0.2, -0.15) is 0 Å². The fourth-order valence-corrected chi connectivity index (χ4v) is 1.28. The van der Waals surface area contributed by atoms with Gasteiger partial charge in [-0.25, -0.2) is 4.79 Å². The van der Waals surface area contributed by atoms with Gasteiger partial charge in [0.2, 0.25) is 0 Å². The second-order valence-corrected chi connectivity index (χ2v) is 3.17. The third-order valence-electron chi connectivity index (χ3n) is 1.59. The molecule has 1 N–H and O–H groups in total. The lowest BCUT2D eigenvalue weighted by Gasteiger charge is -2.04. The molecule has 5 heteroatoms. The van der Waals surface area contributed by atoms with Crippen LogP contribution in [-0.4, -0.2) is 11.3 Å². The summed E-state index contributed by atoms with van der Waals surface area (Å²) in [5.41, 5.74) is 1.86. The molecule has 3 nitrogen and oxygen atoms in total. The number of thiol groups is 1. The van der Waals surface area contributed by atoms with Crippen LogP contribution in [0.15, 0.2) is 23.1 Å². The van der Waals surface area contributed by atoms with E-state index in [0.29, 0.717) is 0 Å². The number of benzene rings is 1. The Morgan fingerprint density at radius 1 is 1.57 bits per heavy atom. The van der Waals surface area contributed by atoms with Crippen molar-refractivity contribution >= 4 is 31.2 Å². The third kappa shape index (κ3) is 3.89. The zero-order valence-electron chi connectivity index (χ0n) is 7.56. The van der Waals surface area contributed by atoms with Crippen molar-refractivity contribution in [1.29, 1.82) is 0 Å². The molecule has 1 rings (SSSR count). The molecule has 0 atom stereocenters. The molecule has 0 radical (unpaired) electrons. The summed E-state index contributed by atoms with van der Waals surface area (Å²) in [6.45, 7) is 2.00.